The first-order valence-corrected chi connectivity index (χ1v) is 8.30. The van der Waals surface area contributed by atoms with Gasteiger partial charge >= 0.3 is 0 Å². The van der Waals surface area contributed by atoms with Crippen LogP contribution in [0.1, 0.15) is 62.7 Å². The minimum Gasteiger partial charge on any atom is -0.388 e. The summed E-state index contributed by atoms with van der Waals surface area (Å²) in [5, 5.41) is 10.3. The van der Waals surface area contributed by atoms with E-state index in [1.165, 1.54) is 38.2 Å². The standard InChI is InChI=1S/C18H28FNO/c1-3-20(16-7-5-4-6-8-16)12-11-18(21)15-10-9-14(2)17(19)13-15/h9-10,13,16,18,21H,3-8,11-12H2,1-2H3. The molecule has 1 aliphatic rings. The van der Waals surface area contributed by atoms with Crippen LogP contribution in [0.3, 0.4) is 0 Å². The van der Waals surface area contributed by atoms with Crippen molar-refractivity contribution >= 4 is 0 Å². The van der Waals surface area contributed by atoms with Crippen LogP contribution in [-0.4, -0.2) is 29.1 Å². The lowest BCUT2D eigenvalue weighted by Gasteiger charge is -2.34. The maximum atomic E-state index is 13.6. The Kier molecular flexibility index (Phi) is 6.19. The number of halogens is 1. The Balaban J connectivity index is 1.89. The Morgan fingerprint density at radius 1 is 1.29 bits per heavy atom. The molecule has 0 amide bonds. The first-order chi connectivity index (χ1) is 10.1. The van der Waals surface area contributed by atoms with Crippen LogP contribution in [-0.2, 0) is 0 Å². The molecule has 118 valence electrons. The smallest absolute Gasteiger partial charge is 0.126 e. The molecule has 0 saturated heterocycles. The molecule has 1 atom stereocenters. The van der Waals surface area contributed by atoms with Crippen molar-refractivity contribution in [2.45, 2.75) is 64.5 Å². The lowest BCUT2D eigenvalue weighted by molar-refractivity contribution is 0.112. The van der Waals surface area contributed by atoms with Gasteiger partial charge in [-0.05, 0) is 49.9 Å². The summed E-state index contributed by atoms with van der Waals surface area (Å²) in [6, 6.07) is 5.72. The number of hydrogen-bond donors (Lipinski definition) is 1. The largest absolute Gasteiger partial charge is 0.388 e. The topological polar surface area (TPSA) is 23.5 Å². The van der Waals surface area contributed by atoms with Crippen LogP contribution >= 0.6 is 0 Å². The predicted octanol–water partition coefficient (Wildman–Crippen LogP) is 4.21. The van der Waals surface area contributed by atoms with Crippen LogP contribution in [0, 0.1) is 12.7 Å². The molecule has 0 spiro atoms. The molecule has 1 aliphatic carbocycles. The van der Waals surface area contributed by atoms with Crippen molar-refractivity contribution in [1.82, 2.24) is 4.90 Å². The number of benzene rings is 1. The van der Waals surface area contributed by atoms with Gasteiger partial charge < -0.3 is 10.0 Å². The summed E-state index contributed by atoms with van der Waals surface area (Å²) in [5.74, 6) is -0.230. The zero-order valence-electron chi connectivity index (χ0n) is 13.3. The fourth-order valence-electron chi connectivity index (χ4n) is 3.32. The Hall–Kier alpha value is -0.930. The van der Waals surface area contributed by atoms with Crippen molar-refractivity contribution in [2.75, 3.05) is 13.1 Å². The van der Waals surface area contributed by atoms with E-state index in [2.05, 4.69) is 11.8 Å². The summed E-state index contributed by atoms with van der Waals surface area (Å²) in [6.45, 7) is 5.84. The molecule has 1 aromatic rings. The number of rotatable bonds is 6. The lowest BCUT2D eigenvalue weighted by atomic mass is 9.93. The van der Waals surface area contributed by atoms with E-state index >= 15 is 0 Å². The predicted molar refractivity (Wildman–Crippen MR) is 84.8 cm³/mol. The second kappa shape index (κ2) is 7.90. The van der Waals surface area contributed by atoms with E-state index in [0.29, 0.717) is 23.6 Å². The van der Waals surface area contributed by atoms with E-state index in [1.807, 2.05) is 6.07 Å². The molecule has 1 N–H and O–H groups in total. The van der Waals surface area contributed by atoms with Crippen molar-refractivity contribution in [1.29, 1.82) is 0 Å². The van der Waals surface area contributed by atoms with Gasteiger partial charge in [0.05, 0.1) is 6.10 Å². The zero-order chi connectivity index (χ0) is 15.2. The van der Waals surface area contributed by atoms with Crippen molar-refractivity contribution in [3.63, 3.8) is 0 Å². The molecular weight excluding hydrogens is 265 g/mol. The van der Waals surface area contributed by atoms with Gasteiger partial charge in [0, 0.05) is 12.6 Å². The molecule has 0 heterocycles. The fourth-order valence-corrected chi connectivity index (χ4v) is 3.32. The van der Waals surface area contributed by atoms with Crippen LogP contribution in [0.2, 0.25) is 0 Å². The molecule has 21 heavy (non-hydrogen) atoms. The minimum atomic E-state index is -0.572. The third kappa shape index (κ3) is 4.52. The summed E-state index contributed by atoms with van der Waals surface area (Å²) in [5.41, 5.74) is 1.32. The minimum absolute atomic E-state index is 0.230. The Morgan fingerprint density at radius 2 is 2.00 bits per heavy atom. The molecule has 0 aliphatic heterocycles. The van der Waals surface area contributed by atoms with Gasteiger partial charge in [-0.3, -0.25) is 0 Å². The summed E-state index contributed by atoms with van der Waals surface area (Å²) in [7, 11) is 0. The summed E-state index contributed by atoms with van der Waals surface area (Å²) >= 11 is 0. The van der Waals surface area contributed by atoms with Crippen LogP contribution in [0.15, 0.2) is 18.2 Å². The molecule has 2 nitrogen and oxygen atoms in total. The summed E-state index contributed by atoms with van der Waals surface area (Å²) < 4.78 is 13.6. The molecule has 1 aromatic carbocycles. The van der Waals surface area contributed by atoms with Gasteiger partial charge in [-0.1, -0.05) is 38.3 Å². The molecule has 0 bridgehead atoms. The van der Waals surface area contributed by atoms with Crippen molar-refractivity contribution in [3.8, 4) is 0 Å². The molecule has 0 aromatic heterocycles. The molecule has 0 radical (unpaired) electrons. The van der Waals surface area contributed by atoms with Gasteiger partial charge in [0.2, 0.25) is 0 Å². The molecule has 1 fully saturated rings. The molecule has 2 rings (SSSR count). The molecule has 1 unspecified atom stereocenters. The van der Waals surface area contributed by atoms with Crippen molar-refractivity contribution in [3.05, 3.63) is 35.1 Å². The third-order valence-corrected chi connectivity index (χ3v) is 4.77. The van der Waals surface area contributed by atoms with E-state index in [-0.39, 0.29) is 5.82 Å². The third-order valence-electron chi connectivity index (χ3n) is 4.77. The number of aryl methyl sites for hydroxylation is 1. The highest BCUT2D eigenvalue weighted by Gasteiger charge is 2.20. The van der Waals surface area contributed by atoms with Gasteiger partial charge in [0.15, 0.2) is 0 Å². The van der Waals surface area contributed by atoms with E-state index in [4.69, 9.17) is 0 Å². The quantitative estimate of drug-likeness (QED) is 0.849. The van der Waals surface area contributed by atoms with Crippen LogP contribution in [0.4, 0.5) is 4.39 Å². The maximum absolute atomic E-state index is 13.6. The number of aliphatic hydroxyl groups excluding tert-OH is 1. The Labute approximate surface area is 128 Å². The first-order valence-electron chi connectivity index (χ1n) is 8.30. The van der Waals surface area contributed by atoms with Crippen LogP contribution in [0.5, 0.6) is 0 Å². The van der Waals surface area contributed by atoms with Gasteiger partial charge in [0.1, 0.15) is 5.82 Å². The summed E-state index contributed by atoms with van der Waals surface area (Å²) in [4.78, 5) is 2.48. The highest BCUT2D eigenvalue weighted by atomic mass is 19.1. The zero-order valence-corrected chi connectivity index (χ0v) is 13.3. The van der Waals surface area contributed by atoms with Crippen LogP contribution in [0.25, 0.3) is 0 Å². The van der Waals surface area contributed by atoms with Crippen LogP contribution < -0.4 is 0 Å². The van der Waals surface area contributed by atoms with Gasteiger partial charge in [-0.15, -0.1) is 0 Å². The van der Waals surface area contributed by atoms with Gasteiger partial charge in [-0.2, -0.15) is 0 Å². The lowest BCUT2D eigenvalue weighted by Crippen LogP contribution is -2.37. The van der Waals surface area contributed by atoms with E-state index in [0.717, 1.165) is 13.1 Å². The van der Waals surface area contributed by atoms with Crippen molar-refractivity contribution in [2.24, 2.45) is 0 Å². The second-order valence-corrected chi connectivity index (χ2v) is 6.23. The van der Waals surface area contributed by atoms with Crippen molar-refractivity contribution < 1.29 is 9.50 Å². The molecular formula is C18H28FNO. The molecule has 1 saturated carbocycles. The highest BCUT2D eigenvalue weighted by Crippen LogP contribution is 2.25. The number of aliphatic hydroxyl groups is 1. The average Bonchev–Trinajstić information content (AvgIpc) is 2.51. The fraction of sp³-hybridized carbons (Fsp3) is 0.667. The van der Waals surface area contributed by atoms with Gasteiger partial charge in [-0.25, -0.2) is 4.39 Å². The number of hydrogen-bond acceptors (Lipinski definition) is 2. The molecule has 3 heteroatoms. The first kappa shape index (κ1) is 16.4. The van der Waals surface area contributed by atoms with E-state index in [9.17, 15) is 9.50 Å². The highest BCUT2D eigenvalue weighted by molar-refractivity contribution is 5.24. The Bertz CT molecular complexity index is 443. The summed E-state index contributed by atoms with van der Waals surface area (Å²) in [6.07, 6.45) is 6.68. The Morgan fingerprint density at radius 3 is 2.62 bits per heavy atom. The van der Waals surface area contributed by atoms with E-state index in [1.54, 1.807) is 13.0 Å². The average molecular weight is 293 g/mol. The normalized spacial score (nSPS) is 18.1. The second-order valence-electron chi connectivity index (χ2n) is 6.23. The monoisotopic (exact) mass is 293 g/mol. The number of nitrogens with zero attached hydrogens (tertiary/aromatic N) is 1. The van der Waals surface area contributed by atoms with Gasteiger partial charge in [0.25, 0.3) is 0 Å². The SMILES string of the molecule is CCN(CCC(O)c1ccc(C)c(F)c1)C1CCCCC1. The van der Waals surface area contributed by atoms with E-state index < -0.39 is 6.10 Å². The maximum Gasteiger partial charge on any atom is 0.126 e.